The lowest BCUT2D eigenvalue weighted by Crippen LogP contribution is -2.04. The van der Waals surface area contributed by atoms with E-state index in [0.717, 1.165) is 0 Å². The Morgan fingerprint density at radius 2 is 2.05 bits per heavy atom. The molecule has 0 bridgehead atoms. The first-order valence-electron chi connectivity index (χ1n) is 6.28. The van der Waals surface area contributed by atoms with Crippen molar-refractivity contribution in [2.45, 2.75) is 0 Å². The largest absolute Gasteiger partial charge is 0.368 e. The van der Waals surface area contributed by atoms with Crippen LogP contribution in [-0.2, 0) is 0 Å². The first-order valence-corrected chi connectivity index (χ1v) is 6.28. The number of anilines is 3. The molecule has 2 aromatic heterocycles. The maximum absolute atomic E-state index is 13.6. The number of nitriles is 1. The molecule has 22 heavy (non-hydrogen) atoms. The Hall–Kier alpha value is -3.47. The van der Waals surface area contributed by atoms with Gasteiger partial charge in [-0.25, -0.2) is 9.37 Å². The van der Waals surface area contributed by atoms with E-state index in [0.29, 0.717) is 11.4 Å². The first kappa shape index (κ1) is 13.5. The van der Waals surface area contributed by atoms with Crippen molar-refractivity contribution in [2.75, 3.05) is 11.1 Å². The first-order chi connectivity index (χ1) is 10.7. The predicted octanol–water partition coefficient (Wildman–Crippen LogP) is 2.00. The number of nitrogens with zero attached hydrogens (tertiary/aromatic N) is 5. The van der Waals surface area contributed by atoms with Crippen LogP contribution >= 0.6 is 0 Å². The van der Waals surface area contributed by atoms with Gasteiger partial charge in [-0.05, 0) is 24.3 Å². The number of halogens is 1. The van der Waals surface area contributed by atoms with Gasteiger partial charge in [-0.1, -0.05) is 12.1 Å². The minimum Gasteiger partial charge on any atom is -0.368 e. The molecule has 0 spiro atoms. The Morgan fingerprint density at radius 3 is 2.73 bits per heavy atom. The number of aromatic nitrogens is 4. The van der Waals surface area contributed by atoms with Crippen LogP contribution in [0.2, 0.25) is 0 Å². The van der Waals surface area contributed by atoms with E-state index in [1.165, 1.54) is 16.9 Å². The molecule has 0 atom stereocenters. The van der Waals surface area contributed by atoms with E-state index in [1.807, 2.05) is 6.07 Å². The van der Waals surface area contributed by atoms with Crippen LogP contribution in [0.1, 0.15) is 5.56 Å². The molecule has 0 fully saturated rings. The van der Waals surface area contributed by atoms with Gasteiger partial charge in [0.05, 0.1) is 11.3 Å². The smallest absolute Gasteiger partial charge is 0.248 e. The maximum Gasteiger partial charge on any atom is 0.248 e. The van der Waals surface area contributed by atoms with Crippen molar-refractivity contribution >= 4 is 17.6 Å². The zero-order chi connectivity index (χ0) is 15.5. The molecule has 0 aliphatic heterocycles. The lowest BCUT2D eigenvalue weighted by atomic mass is 10.3. The maximum atomic E-state index is 13.6. The molecule has 0 saturated carbocycles. The summed E-state index contributed by atoms with van der Waals surface area (Å²) < 4.78 is 14.9. The average Bonchev–Trinajstić information content (AvgIpc) is 2.90. The van der Waals surface area contributed by atoms with E-state index < -0.39 is 5.82 Å². The van der Waals surface area contributed by atoms with E-state index >= 15 is 0 Å². The molecule has 0 radical (unpaired) electrons. The number of hydrogen-bond donors (Lipinski definition) is 2. The quantitative estimate of drug-likeness (QED) is 0.765. The molecule has 0 aliphatic rings. The van der Waals surface area contributed by atoms with Crippen LogP contribution < -0.4 is 11.1 Å². The summed E-state index contributed by atoms with van der Waals surface area (Å²) in [5.74, 6) is 0.226. The summed E-state index contributed by atoms with van der Waals surface area (Å²) in [5.41, 5.74) is 6.45. The summed E-state index contributed by atoms with van der Waals surface area (Å²) in [7, 11) is 0. The second-order valence-corrected chi connectivity index (χ2v) is 4.33. The topological polar surface area (TPSA) is 105 Å². The minimum atomic E-state index is -0.422. The van der Waals surface area contributed by atoms with Crippen molar-refractivity contribution < 1.29 is 4.39 Å². The number of para-hydroxylation sites is 1. The van der Waals surface area contributed by atoms with Gasteiger partial charge in [-0.3, -0.25) is 0 Å². The van der Waals surface area contributed by atoms with E-state index in [1.54, 1.807) is 30.3 Å². The lowest BCUT2D eigenvalue weighted by Gasteiger charge is -2.02. The van der Waals surface area contributed by atoms with Crippen molar-refractivity contribution in [1.29, 1.82) is 5.26 Å². The number of rotatable bonds is 3. The fourth-order valence-electron chi connectivity index (χ4n) is 1.81. The molecular formula is C14H10FN7. The minimum absolute atomic E-state index is 0.0936. The van der Waals surface area contributed by atoms with Crippen molar-refractivity contribution in [3.63, 3.8) is 0 Å². The van der Waals surface area contributed by atoms with Gasteiger partial charge in [0.1, 0.15) is 11.9 Å². The Morgan fingerprint density at radius 1 is 1.23 bits per heavy atom. The molecule has 3 aromatic rings. The average molecular weight is 295 g/mol. The van der Waals surface area contributed by atoms with Crippen LogP contribution in [0.15, 0.2) is 42.6 Å². The van der Waals surface area contributed by atoms with Crippen LogP contribution in [0.4, 0.5) is 22.0 Å². The Kier molecular flexibility index (Phi) is 3.37. The summed E-state index contributed by atoms with van der Waals surface area (Å²) in [6.07, 6.45) is 1.40. The van der Waals surface area contributed by atoms with Gasteiger partial charge < -0.3 is 11.1 Å². The molecular weight excluding hydrogens is 285 g/mol. The van der Waals surface area contributed by atoms with Crippen LogP contribution in [0.5, 0.6) is 0 Å². The fraction of sp³-hybridized carbons (Fsp3) is 0. The number of pyridine rings is 1. The van der Waals surface area contributed by atoms with Crippen LogP contribution in [0, 0.1) is 17.1 Å². The molecule has 8 heteroatoms. The van der Waals surface area contributed by atoms with E-state index in [4.69, 9.17) is 11.0 Å². The Labute approximate surface area is 124 Å². The molecule has 7 nitrogen and oxygen atoms in total. The molecule has 0 aliphatic carbocycles. The summed E-state index contributed by atoms with van der Waals surface area (Å²) in [6, 6.07) is 11.3. The zero-order valence-electron chi connectivity index (χ0n) is 11.2. The molecule has 108 valence electrons. The lowest BCUT2D eigenvalue weighted by molar-refractivity contribution is 0.631. The molecule has 1 aromatic carbocycles. The SMILES string of the molecule is N#Cc1ccc(-n2nc(Nc3ccccc3F)nc2N)nc1. The molecule has 3 rings (SSSR count). The normalized spacial score (nSPS) is 10.2. The van der Waals surface area contributed by atoms with E-state index in [9.17, 15) is 4.39 Å². The standard InChI is InChI=1S/C14H10FN7/c15-10-3-1-2-4-11(10)19-14-20-13(17)22(21-14)12-6-5-9(7-16)8-18-12/h1-6,8H,(H3,17,19,20,21). The van der Waals surface area contributed by atoms with Gasteiger partial charge in [0, 0.05) is 6.20 Å². The van der Waals surface area contributed by atoms with Crippen molar-refractivity contribution in [3.8, 4) is 11.9 Å². The van der Waals surface area contributed by atoms with Crippen molar-refractivity contribution in [2.24, 2.45) is 0 Å². The highest BCUT2D eigenvalue weighted by atomic mass is 19.1. The number of nitrogens with two attached hydrogens (primary N) is 1. The van der Waals surface area contributed by atoms with Crippen LogP contribution in [0.25, 0.3) is 5.82 Å². The van der Waals surface area contributed by atoms with Crippen LogP contribution in [0.3, 0.4) is 0 Å². The number of nitrogens with one attached hydrogen (secondary N) is 1. The van der Waals surface area contributed by atoms with E-state index in [2.05, 4.69) is 20.4 Å². The van der Waals surface area contributed by atoms with Gasteiger partial charge in [0.15, 0.2) is 5.82 Å². The predicted molar refractivity (Wildman–Crippen MR) is 78.0 cm³/mol. The van der Waals surface area contributed by atoms with Crippen LogP contribution in [-0.4, -0.2) is 19.7 Å². The fourth-order valence-corrected chi connectivity index (χ4v) is 1.81. The third-order valence-corrected chi connectivity index (χ3v) is 2.85. The summed E-state index contributed by atoms with van der Waals surface area (Å²) in [4.78, 5) is 8.09. The summed E-state index contributed by atoms with van der Waals surface area (Å²) in [5, 5.41) is 15.6. The second-order valence-electron chi connectivity index (χ2n) is 4.33. The molecule has 0 saturated heterocycles. The Bertz CT molecular complexity index is 848. The van der Waals surface area contributed by atoms with Crippen molar-refractivity contribution in [1.82, 2.24) is 19.7 Å². The second kappa shape index (κ2) is 5.49. The molecule has 3 N–H and O–H groups in total. The molecule has 0 unspecified atom stereocenters. The monoisotopic (exact) mass is 295 g/mol. The van der Waals surface area contributed by atoms with Gasteiger partial charge in [-0.15, -0.1) is 5.10 Å². The number of nitrogen functional groups attached to an aromatic ring is 1. The summed E-state index contributed by atoms with van der Waals surface area (Å²) >= 11 is 0. The molecule has 2 heterocycles. The third-order valence-electron chi connectivity index (χ3n) is 2.85. The third kappa shape index (κ3) is 2.55. The molecule has 0 amide bonds. The highest BCUT2D eigenvalue weighted by Crippen LogP contribution is 2.19. The number of benzene rings is 1. The zero-order valence-corrected chi connectivity index (χ0v) is 11.2. The Balaban J connectivity index is 1.90. The highest BCUT2D eigenvalue weighted by Gasteiger charge is 2.11. The van der Waals surface area contributed by atoms with Gasteiger partial charge in [-0.2, -0.15) is 14.9 Å². The summed E-state index contributed by atoms with van der Waals surface area (Å²) in [6.45, 7) is 0. The van der Waals surface area contributed by atoms with Gasteiger partial charge in [0.2, 0.25) is 11.9 Å². The van der Waals surface area contributed by atoms with E-state index in [-0.39, 0.29) is 17.6 Å². The van der Waals surface area contributed by atoms with Gasteiger partial charge in [0.25, 0.3) is 0 Å². The van der Waals surface area contributed by atoms with Crippen molar-refractivity contribution in [3.05, 3.63) is 54.0 Å². The highest BCUT2D eigenvalue weighted by molar-refractivity contribution is 5.55. The van der Waals surface area contributed by atoms with Gasteiger partial charge >= 0.3 is 0 Å². The number of hydrogen-bond acceptors (Lipinski definition) is 6.